The quantitative estimate of drug-likeness (QED) is 0.755. The lowest BCUT2D eigenvalue weighted by Crippen LogP contribution is -2.50. The van der Waals surface area contributed by atoms with E-state index in [1.807, 2.05) is 24.0 Å². The minimum atomic E-state index is -0.0970. The Labute approximate surface area is 181 Å². The molecular formula is C23H28N4O4. The van der Waals surface area contributed by atoms with Gasteiger partial charge >= 0.3 is 0 Å². The molecule has 0 atom stereocenters. The number of piperazine rings is 1. The van der Waals surface area contributed by atoms with E-state index < -0.39 is 0 Å². The number of amides is 3. The highest BCUT2D eigenvalue weighted by molar-refractivity contribution is 5.96. The molecule has 0 aliphatic carbocycles. The van der Waals surface area contributed by atoms with Gasteiger partial charge in [-0.15, -0.1) is 0 Å². The maximum Gasteiger partial charge on any atom is 0.289 e. The first-order chi connectivity index (χ1) is 14.9. The molecule has 0 bridgehead atoms. The van der Waals surface area contributed by atoms with E-state index in [9.17, 15) is 14.4 Å². The second-order valence-electron chi connectivity index (χ2n) is 8.23. The van der Waals surface area contributed by atoms with Crippen LogP contribution in [0.1, 0.15) is 58.0 Å². The number of likely N-dealkylation sites (tertiary alicyclic amines) is 1. The molecule has 4 heterocycles. The van der Waals surface area contributed by atoms with Crippen LogP contribution in [-0.4, -0.2) is 76.7 Å². The molecule has 0 aromatic carbocycles. The molecule has 2 fully saturated rings. The van der Waals surface area contributed by atoms with E-state index in [1.54, 1.807) is 28.9 Å². The molecular weight excluding hydrogens is 396 g/mol. The molecule has 164 valence electrons. The van der Waals surface area contributed by atoms with Crippen molar-refractivity contribution in [1.29, 1.82) is 0 Å². The molecule has 0 N–H and O–H groups in total. The van der Waals surface area contributed by atoms with Crippen LogP contribution in [-0.2, 0) is 4.79 Å². The van der Waals surface area contributed by atoms with Crippen LogP contribution in [0.5, 0.6) is 0 Å². The highest BCUT2D eigenvalue weighted by Gasteiger charge is 2.31. The van der Waals surface area contributed by atoms with Crippen molar-refractivity contribution in [1.82, 2.24) is 19.7 Å². The van der Waals surface area contributed by atoms with Gasteiger partial charge in [0.25, 0.3) is 11.8 Å². The van der Waals surface area contributed by atoms with Crippen molar-refractivity contribution >= 4 is 17.7 Å². The van der Waals surface area contributed by atoms with Gasteiger partial charge in [0.05, 0.1) is 17.5 Å². The number of carbonyl (C=O) groups is 3. The van der Waals surface area contributed by atoms with E-state index in [2.05, 4.69) is 0 Å². The zero-order chi connectivity index (χ0) is 22.0. The molecule has 0 spiro atoms. The number of pyridine rings is 1. The van der Waals surface area contributed by atoms with Crippen molar-refractivity contribution in [3.8, 4) is 0 Å². The summed E-state index contributed by atoms with van der Waals surface area (Å²) in [6.07, 6.45) is 3.01. The van der Waals surface area contributed by atoms with Crippen LogP contribution in [0.4, 0.5) is 0 Å². The monoisotopic (exact) mass is 424 g/mol. The highest BCUT2D eigenvalue weighted by Crippen LogP contribution is 2.31. The fourth-order valence-electron chi connectivity index (χ4n) is 4.38. The van der Waals surface area contributed by atoms with Crippen LogP contribution < -0.4 is 0 Å². The van der Waals surface area contributed by atoms with Gasteiger partial charge in [-0.3, -0.25) is 19.4 Å². The van der Waals surface area contributed by atoms with Gasteiger partial charge < -0.3 is 19.1 Å². The SMILES string of the molecule is CC(=O)N1CCN(C(=O)c2ccc(C)nc2C2CCN(C(=O)c3ccco3)CC2)CC1. The Morgan fingerprint density at radius 2 is 1.55 bits per heavy atom. The lowest BCUT2D eigenvalue weighted by Gasteiger charge is -2.35. The first-order valence-corrected chi connectivity index (χ1v) is 10.8. The van der Waals surface area contributed by atoms with Crippen LogP contribution in [0.3, 0.4) is 0 Å². The fraction of sp³-hybridized carbons (Fsp3) is 0.478. The van der Waals surface area contributed by atoms with E-state index >= 15 is 0 Å². The van der Waals surface area contributed by atoms with Crippen molar-refractivity contribution in [2.24, 2.45) is 0 Å². The summed E-state index contributed by atoms with van der Waals surface area (Å²) >= 11 is 0. The number of hydrogen-bond donors (Lipinski definition) is 0. The predicted octanol–water partition coefficient (Wildman–Crippen LogP) is 2.31. The number of rotatable bonds is 3. The summed E-state index contributed by atoms with van der Waals surface area (Å²) in [5.41, 5.74) is 2.34. The average molecular weight is 425 g/mol. The lowest BCUT2D eigenvalue weighted by atomic mass is 9.89. The zero-order valence-electron chi connectivity index (χ0n) is 18.0. The first kappa shape index (κ1) is 21.1. The minimum Gasteiger partial charge on any atom is -0.459 e. The van der Waals surface area contributed by atoms with Gasteiger partial charge in [0.1, 0.15) is 0 Å². The molecule has 2 aliphatic rings. The van der Waals surface area contributed by atoms with Crippen molar-refractivity contribution in [2.75, 3.05) is 39.3 Å². The van der Waals surface area contributed by atoms with E-state index in [0.717, 1.165) is 24.2 Å². The summed E-state index contributed by atoms with van der Waals surface area (Å²) < 4.78 is 5.24. The second kappa shape index (κ2) is 8.91. The molecule has 2 aromatic rings. The zero-order valence-corrected chi connectivity index (χ0v) is 18.0. The highest BCUT2D eigenvalue weighted by atomic mass is 16.3. The van der Waals surface area contributed by atoms with E-state index in [0.29, 0.717) is 50.6 Å². The van der Waals surface area contributed by atoms with Crippen molar-refractivity contribution < 1.29 is 18.8 Å². The normalized spacial score (nSPS) is 17.7. The summed E-state index contributed by atoms with van der Waals surface area (Å²) in [6, 6.07) is 7.14. The predicted molar refractivity (Wildman–Crippen MR) is 114 cm³/mol. The summed E-state index contributed by atoms with van der Waals surface area (Å²) in [5, 5.41) is 0. The Morgan fingerprint density at radius 1 is 0.903 bits per heavy atom. The van der Waals surface area contributed by atoms with Gasteiger partial charge in [0, 0.05) is 57.8 Å². The molecule has 4 rings (SSSR count). The van der Waals surface area contributed by atoms with Crippen molar-refractivity contribution in [3.63, 3.8) is 0 Å². The van der Waals surface area contributed by atoms with Crippen molar-refractivity contribution in [3.05, 3.63) is 53.2 Å². The van der Waals surface area contributed by atoms with Gasteiger partial charge in [-0.25, -0.2) is 0 Å². The number of aromatic nitrogens is 1. The number of hydrogen-bond acceptors (Lipinski definition) is 5. The number of aryl methyl sites for hydroxylation is 1. The van der Waals surface area contributed by atoms with Crippen LogP contribution in [0.25, 0.3) is 0 Å². The van der Waals surface area contributed by atoms with Crippen LogP contribution in [0.2, 0.25) is 0 Å². The number of nitrogens with zero attached hydrogens (tertiary/aromatic N) is 4. The molecule has 0 radical (unpaired) electrons. The van der Waals surface area contributed by atoms with Crippen LogP contribution >= 0.6 is 0 Å². The van der Waals surface area contributed by atoms with Gasteiger partial charge in [-0.05, 0) is 44.0 Å². The van der Waals surface area contributed by atoms with E-state index in [4.69, 9.17) is 9.40 Å². The fourth-order valence-corrected chi connectivity index (χ4v) is 4.38. The smallest absolute Gasteiger partial charge is 0.289 e. The molecule has 3 amide bonds. The maximum atomic E-state index is 13.3. The number of carbonyl (C=O) groups excluding carboxylic acids is 3. The molecule has 8 heteroatoms. The second-order valence-corrected chi connectivity index (χ2v) is 8.23. The third kappa shape index (κ3) is 4.47. The summed E-state index contributed by atoms with van der Waals surface area (Å²) in [5.74, 6) is 0.395. The third-order valence-electron chi connectivity index (χ3n) is 6.21. The molecule has 2 aliphatic heterocycles. The molecule has 2 aromatic heterocycles. The van der Waals surface area contributed by atoms with E-state index in [1.165, 1.54) is 6.26 Å². The minimum absolute atomic E-state index is 0.0280. The van der Waals surface area contributed by atoms with Gasteiger partial charge in [-0.2, -0.15) is 0 Å². The first-order valence-electron chi connectivity index (χ1n) is 10.8. The van der Waals surface area contributed by atoms with E-state index in [-0.39, 0.29) is 23.6 Å². The average Bonchev–Trinajstić information content (AvgIpc) is 3.33. The molecule has 8 nitrogen and oxygen atoms in total. The Hall–Kier alpha value is -3.16. The summed E-state index contributed by atoms with van der Waals surface area (Å²) in [7, 11) is 0. The molecule has 0 unspecified atom stereocenters. The van der Waals surface area contributed by atoms with Gasteiger partial charge in [0.15, 0.2) is 5.76 Å². The summed E-state index contributed by atoms with van der Waals surface area (Å²) in [4.78, 5) is 47.5. The standard InChI is InChI=1S/C23H28N4O4/c1-16-5-6-19(22(29)27-13-11-25(12-14-27)17(2)28)21(24-16)18-7-9-26(10-8-18)23(30)20-4-3-15-31-20/h3-6,15,18H,7-14H2,1-2H3. The Bertz CT molecular complexity index is 956. The largest absolute Gasteiger partial charge is 0.459 e. The van der Waals surface area contributed by atoms with Crippen LogP contribution in [0.15, 0.2) is 34.9 Å². The Balaban J connectivity index is 1.46. The van der Waals surface area contributed by atoms with Gasteiger partial charge in [-0.1, -0.05) is 0 Å². The maximum absolute atomic E-state index is 13.3. The van der Waals surface area contributed by atoms with Crippen molar-refractivity contribution in [2.45, 2.75) is 32.6 Å². The Morgan fingerprint density at radius 3 is 2.16 bits per heavy atom. The van der Waals surface area contributed by atoms with Crippen LogP contribution in [0, 0.1) is 6.92 Å². The topological polar surface area (TPSA) is 87.0 Å². The van der Waals surface area contributed by atoms with Gasteiger partial charge in [0.2, 0.25) is 5.91 Å². The summed E-state index contributed by atoms with van der Waals surface area (Å²) in [6.45, 7) is 6.87. The molecule has 2 saturated heterocycles. The molecule has 0 saturated carbocycles. The lowest BCUT2D eigenvalue weighted by molar-refractivity contribution is -0.130. The molecule has 31 heavy (non-hydrogen) atoms. The number of furan rings is 1. The number of piperidine rings is 1. The Kier molecular flexibility index (Phi) is 6.06. The third-order valence-corrected chi connectivity index (χ3v) is 6.21.